The molecule has 9 N–H and O–H groups in total. The fourth-order valence-corrected chi connectivity index (χ4v) is 3.34. The Morgan fingerprint density at radius 3 is 1.85 bits per heavy atom. The normalized spacial score (nSPS) is 14.4. The highest BCUT2D eigenvalue weighted by atomic mass is 32.2. The molecule has 0 fully saturated rings. The third kappa shape index (κ3) is 13.0. The summed E-state index contributed by atoms with van der Waals surface area (Å²) in [6.45, 7) is 3.70. The van der Waals surface area contributed by atoms with Gasteiger partial charge in [0.15, 0.2) is 0 Å². The van der Waals surface area contributed by atoms with Gasteiger partial charge in [-0.25, -0.2) is 4.79 Å². The first-order chi connectivity index (χ1) is 15.8. The predicted molar refractivity (Wildman–Crippen MR) is 125 cm³/mol. The predicted octanol–water partition coefficient (Wildman–Crippen LogP) is -1.61. The van der Waals surface area contributed by atoms with Crippen LogP contribution in [0.4, 0.5) is 0 Å². The lowest BCUT2D eigenvalue weighted by Gasteiger charge is -2.24. The van der Waals surface area contributed by atoms with Crippen molar-refractivity contribution in [1.29, 1.82) is 0 Å². The molecule has 194 valence electrons. The van der Waals surface area contributed by atoms with Gasteiger partial charge in [0.05, 0.1) is 12.5 Å². The fourth-order valence-electron chi connectivity index (χ4n) is 2.87. The molecule has 0 aromatic carbocycles. The maximum absolute atomic E-state index is 12.8. The van der Waals surface area contributed by atoms with Crippen molar-refractivity contribution in [3.8, 4) is 0 Å². The minimum Gasteiger partial charge on any atom is -0.481 e. The molecule has 0 saturated carbocycles. The van der Waals surface area contributed by atoms with Gasteiger partial charge in [0.25, 0.3) is 0 Å². The molecule has 4 amide bonds. The van der Waals surface area contributed by atoms with Gasteiger partial charge >= 0.3 is 11.9 Å². The van der Waals surface area contributed by atoms with Gasteiger partial charge in [-0.15, -0.1) is 0 Å². The molecule has 13 nitrogen and oxygen atoms in total. The third-order valence-corrected chi connectivity index (χ3v) is 5.26. The van der Waals surface area contributed by atoms with Crippen LogP contribution in [0.25, 0.3) is 0 Å². The molecular weight excluding hydrogens is 470 g/mol. The monoisotopic (exact) mass is 505 g/mol. The third-order valence-electron chi connectivity index (χ3n) is 4.61. The number of rotatable bonds is 17. The Morgan fingerprint density at radius 1 is 0.853 bits per heavy atom. The zero-order valence-corrected chi connectivity index (χ0v) is 20.4. The lowest BCUT2D eigenvalue weighted by Crippen LogP contribution is -2.57. The van der Waals surface area contributed by atoms with Crippen LogP contribution in [0.2, 0.25) is 0 Å². The van der Waals surface area contributed by atoms with E-state index in [1.54, 1.807) is 6.26 Å². The van der Waals surface area contributed by atoms with Gasteiger partial charge in [0, 0.05) is 6.42 Å². The number of nitrogens with two attached hydrogens (primary N) is 2. The summed E-state index contributed by atoms with van der Waals surface area (Å²) in [7, 11) is 0. The average molecular weight is 506 g/mol. The van der Waals surface area contributed by atoms with Crippen molar-refractivity contribution in [3.05, 3.63) is 0 Å². The molecule has 0 radical (unpaired) electrons. The van der Waals surface area contributed by atoms with Gasteiger partial charge in [-0.1, -0.05) is 13.8 Å². The number of amides is 4. The first kappa shape index (κ1) is 31.1. The van der Waals surface area contributed by atoms with Crippen LogP contribution in [-0.2, 0) is 28.8 Å². The van der Waals surface area contributed by atoms with E-state index >= 15 is 0 Å². The molecule has 0 aliphatic heterocycles. The van der Waals surface area contributed by atoms with E-state index in [0.717, 1.165) is 0 Å². The Balaban J connectivity index is 5.54. The van der Waals surface area contributed by atoms with Crippen LogP contribution < -0.4 is 27.4 Å². The highest BCUT2D eigenvalue weighted by Crippen LogP contribution is 2.07. The van der Waals surface area contributed by atoms with Crippen molar-refractivity contribution < 1.29 is 39.0 Å². The minimum absolute atomic E-state index is 0.0843. The van der Waals surface area contributed by atoms with Crippen LogP contribution in [-0.4, -0.2) is 82.0 Å². The maximum atomic E-state index is 12.8. The van der Waals surface area contributed by atoms with Crippen LogP contribution in [0.3, 0.4) is 0 Å². The molecule has 0 bridgehead atoms. The Hall–Kier alpha value is -2.87. The molecule has 0 aromatic heterocycles. The Morgan fingerprint density at radius 2 is 1.38 bits per heavy atom. The van der Waals surface area contributed by atoms with Gasteiger partial charge in [0.2, 0.25) is 23.6 Å². The number of hydrogen-bond donors (Lipinski definition) is 7. The molecule has 0 spiro atoms. The second-order valence-electron chi connectivity index (χ2n) is 8.14. The molecule has 14 heteroatoms. The molecule has 4 atom stereocenters. The van der Waals surface area contributed by atoms with Crippen molar-refractivity contribution in [2.24, 2.45) is 17.4 Å². The SMILES string of the molecule is CSCCC(NC(=O)C(CC(=O)O)NC(=O)C(CCC(N)=O)NC(=O)C(N)CC(C)C)C(=O)O. The van der Waals surface area contributed by atoms with Crippen LogP contribution >= 0.6 is 11.8 Å². The van der Waals surface area contributed by atoms with Crippen LogP contribution in [0.5, 0.6) is 0 Å². The summed E-state index contributed by atoms with van der Waals surface area (Å²) in [6.07, 6.45) is 0.836. The van der Waals surface area contributed by atoms with Gasteiger partial charge in [-0.2, -0.15) is 11.8 Å². The molecule has 0 rings (SSSR count). The fraction of sp³-hybridized carbons (Fsp3) is 0.700. The van der Waals surface area contributed by atoms with Gasteiger partial charge in [-0.3, -0.25) is 24.0 Å². The second-order valence-corrected chi connectivity index (χ2v) is 9.13. The molecule has 34 heavy (non-hydrogen) atoms. The number of carboxylic acids is 2. The number of carbonyl (C=O) groups excluding carboxylic acids is 4. The van der Waals surface area contributed by atoms with E-state index in [-0.39, 0.29) is 25.2 Å². The van der Waals surface area contributed by atoms with Gasteiger partial charge < -0.3 is 37.6 Å². The summed E-state index contributed by atoms with van der Waals surface area (Å²) in [6, 6.07) is -5.17. The summed E-state index contributed by atoms with van der Waals surface area (Å²) >= 11 is 1.36. The summed E-state index contributed by atoms with van der Waals surface area (Å²) in [5.74, 6) is -5.58. The Labute approximate surface area is 202 Å². The highest BCUT2D eigenvalue weighted by molar-refractivity contribution is 7.98. The zero-order chi connectivity index (χ0) is 26.4. The summed E-state index contributed by atoms with van der Waals surface area (Å²) < 4.78 is 0. The molecule has 0 aliphatic carbocycles. The average Bonchev–Trinajstić information content (AvgIpc) is 2.71. The van der Waals surface area contributed by atoms with Crippen molar-refractivity contribution in [2.45, 2.75) is 70.1 Å². The maximum Gasteiger partial charge on any atom is 0.326 e. The van der Waals surface area contributed by atoms with E-state index in [1.807, 2.05) is 13.8 Å². The Bertz CT molecular complexity index is 748. The van der Waals surface area contributed by atoms with E-state index in [0.29, 0.717) is 12.2 Å². The quantitative estimate of drug-likeness (QED) is 0.119. The van der Waals surface area contributed by atoms with Crippen LogP contribution in [0.1, 0.15) is 46.0 Å². The molecule has 0 saturated heterocycles. The van der Waals surface area contributed by atoms with Crippen molar-refractivity contribution in [2.75, 3.05) is 12.0 Å². The van der Waals surface area contributed by atoms with E-state index < -0.39 is 66.2 Å². The van der Waals surface area contributed by atoms with Gasteiger partial charge in [0.1, 0.15) is 18.1 Å². The highest BCUT2D eigenvalue weighted by Gasteiger charge is 2.31. The van der Waals surface area contributed by atoms with Crippen LogP contribution in [0, 0.1) is 5.92 Å². The summed E-state index contributed by atoms with van der Waals surface area (Å²) in [4.78, 5) is 71.6. The van der Waals surface area contributed by atoms with Crippen LogP contribution in [0.15, 0.2) is 0 Å². The number of carboxylic acid groups (broad SMARTS) is 2. The molecule has 0 aliphatic rings. The number of hydrogen-bond acceptors (Lipinski definition) is 8. The number of carbonyl (C=O) groups is 6. The molecule has 0 aromatic rings. The standard InChI is InChI=1S/C20H35N5O8S/c1-10(2)8-11(21)17(29)23-12(4-5-15(22)26)18(30)25-14(9-16(27)28)19(31)24-13(20(32)33)6-7-34-3/h10-14H,4-9,21H2,1-3H3,(H2,22,26)(H,23,29)(H,24,31)(H,25,30)(H,27,28)(H,32,33). The number of aliphatic carboxylic acids is 2. The second kappa shape index (κ2) is 15.9. The first-order valence-corrected chi connectivity index (χ1v) is 12.1. The van der Waals surface area contributed by atoms with E-state index in [4.69, 9.17) is 16.6 Å². The van der Waals surface area contributed by atoms with Crippen molar-refractivity contribution >= 4 is 47.3 Å². The summed E-state index contributed by atoms with van der Waals surface area (Å²) in [5, 5.41) is 25.3. The first-order valence-electron chi connectivity index (χ1n) is 10.7. The topological polar surface area (TPSA) is 231 Å². The lowest BCUT2D eigenvalue weighted by molar-refractivity contribution is -0.143. The van der Waals surface area contributed by atoms with Gasteiger partial charge in [-0.05, 0) is 37.2 Å². The largest absolute Gasteiger partial charge is 0.481 e. The summed E-state index contributed by atoms with van der Waals surface area (Å²) in [5.41, 5.74) is 11.0. The zero-order valence-electron chi connectivity index (χ0n) is 19.5. The van der Waals surface area contributed by atoms with Crippen molar-refractivity contribution in [1.82, 2.24) is 16.0 Å². The van der Waals surface area contributed by atoms with E-state index in [2.05, 4.69) is 16.0 Å². The van der Waals surface area contributed by atoms with E-state index in [1.165, 1.54) is 11.8 Å². The van der Waals surface area contributed by atoms with E-state index in [9.17, 15) is 33.9 Å². The number of thioether (sulfide) groups is 1. The molecule has 4 unspecified atom stereocenters. The Kier molecular flexibility index (Phi) is 14.5. The lowest BCUT2D eigenvalue weighted by atomic mass is 10.0. The molecule has 0 heterocycles. The van der Waals surface area contributed by atoms with Crippen molar-refractivity contribution in [3.63, 3.8) is 0 Å². The number of nitrogens with one attached hydrogen (secondary N) is 3. The molecular formula is C20H35N5O8S. The smallest absolute Gasteiger partial charge is 0.326 e. The number of primary amides is 1. The minimum atomic E-state index is -1.63.